The van der Waals surface area contributed by atoms with E-state index in [1.54, 1.807) is 30.3 Å². The normalized spacial score (nSPS) is 30.4. The minimum Gasteiger partial charge on any atom is -0.390 e. The molecule has 0 radical (unpaired) electrons. The van der Waals surface area contributed by atoms with E-state index in [0.29, 0.717) is 0 Å². The highest BCUT2D eigenvalue weighted by Gasteiger charge is 2.45. The Morgan fingerprint density at radius 2 is 1.76 bits per heavy atom. The Labute approximate surface area is 149 Å². The van der Waals surface area contributed by atoms with E-state index in [1.165, 1.54) is 4.31 Å². The second-order valence-electron chi connectivity index (χ2n) is 7.14. The van der Waals surface area contributed by atoms with Crippen molar-refractivity contribution in [3.63, 3.8) is 0 Å². The maximum Gasteiger partial charge on any atom is 0.243 e. The van der Waals surface area contributed by atoms with E-state index in [0.717, 1.165) is 26.2 Å². The minimum absolute atomic E-state index is 0.0856. The highest BCUT2D eigenvalue weighted by Crippen LogP contribution is 2.28. The zero-order valence-corrected chi connectivity index (χ0v) is 15.4. The number of hydrogen-bond donors (Lipinski definition) is 2. The summed E-state index contributed by atoms with van der Waals surface area (Å²) in [4.78, 5) is 4.53. The number of piperazine rings is 1. The zero-order valence-electron chi connectivity index (χ0n) is 14.6. The molecule has 2 aliphatic heterocycles. The molecule has 2 aliphatic rings. The lowest BCUT2D eigenvalue weighted by Gasteiger charge is -2.45. The summed E-state index contributed by atoms with van der Waals surface area (Å²) in [6.07, 6.45) is -0.689. The number of piperidine rings is 1. The molecule has 0 aromatic heterocycles. The van der Waals surface area contributed by atoms with Gasteiger partial charge in [0.2, 0.25) is 10.0 Å². The van der Waals surface area contributed by atoms with Crippen molar-refractivity contribution in [2.75, 3.05) is 52.9 Å². The van der Waals surface area contributed by atoms with Gasteiger partial charge in [0.05, 0.1) is 11.0 Å². The van der Waals surface area contributed by atoms with Crippen LogP contribution in [-0.4, -0.2) is 97.3 Å². The Kier molecular flexibility index (Phi) is 5.48. The molecular formula is C17H27N3O4S. The van der Waals surface area contributed by atoms with Crippen molar-refractivity contribution in [1.29, 1.82) is 0 Å². The van der Waals surface area contributed by atoms with E-state index in [1.807, 2.05) is 0 Å². The number of likely N-dealkylation sites (N-methyl/N-ethyl adjacent to an activating group) is 1. The predicted octanol–water partition coefficient (Wildman–Crippen LogP) is -0.580. The topological polar surface area (TPSA) is 84.3 Å². The number of aliphatic hydroxyl groups excluding tert-OH is 1. The van der Waals surface area contributed by atoms with Crippen LogP contribution < -0.4 is 0 Å². The third kappa shape index (κ3) is 4.05. The molecule has 1 aromatic rings. The van der Waals surface area contributed by atoms with Crippen molar-refractivity contribution in [2.45, 2.75) is 23.0 Å². The van der Waals surface area contributed by atoms with Gasteiger partial charge in [0.15, 0.2) is 0 Å². The van der Waals surface area contributed by atoms with E-state index in [2.05, 4.69) is 16.8 Å². The summed E-state index contributed by atoms with van der Waals surface area (Å²) in [6, 6.07) is 8.24. The number of nitrogens with zero attached hydrogens (tertiary/aromatic N) is 3. The molecule has 0 unspecified atom stereocenters. The number of hydrogen-bond acceptors (Lipinski definition) is 6. The first kappa shape index (κ1) is 18.8. The fraction of sp³-hybridized carbons (Fsp3) is 0.647. The summed E-state index contributed by atoms with van der Waals surface area (Å²) in [5, 5.41) is 21.4. The van der Waals surface area contributed by atoms with Crippen LogP contribution in [0.2, 0.25) is 0 Å². The number of rotatable bonds is 4. The molecule has 2 fully saturated rings. The van der Waals surface area contributed by atoms with Gasteiger partial charge in [-0.1, -0.05) is 18.2 Å². The lowest BCUT2D eigenvalue weighted by molar-refractivity contribution is -0.123. The molecule has 3 rings (SSSR count). The molecule has 8 heteroatoms. The van der Waals surface area contributed by atoms with Gasteiger partial charge in [0.1, 0.15) is 5.60 Å². The predicted molar refractivity (Wildman–Crippen MR) is 94.7 cm³/mol. The van der Waals surface area contributed by atoms with Gasteiger partial charge in [-0.05, 0) is 25.6 Å². The highest BCUT2D eigenvalue weighted by atomic mass is 32.2. The summed E-state index contributed by atoms with van der Waals surface area (Å²) in [6.45, 7) is 3.81. The van der Waals surface area contributed by atoms with Crippen LogP contribution in [0.25, 0.3) is 0 Å². The van der Waals surface area contributed by atoms with Crippen LogP contribution in [0.1, 0.15) is 6.42 Å². The van der Waals surface area contributed by atoms with Crippen molar-refractivity contribution >= 4 is 10.0 Å². The SMILES string of the molecule is CN1CCN(C[C@@]2(O)CN(S(=O)(=O)c3ccccc3)CC[C@@H]2O)CC1. The average molecular weight is 369 g/mol. The van der Waals surface area contributed by atoms with E-state index in [4.69, 9.17) is 0 Å². The van der Waals surface area contributed by atoms with Gasteiger partial charge in [-0.3, -0.25) is 4.90 Å². The van der Waals surface area contributed by atoms with Gasteiger partial charge >= 0.3 is 0 Å². The molecule has 0 saturated carbocycles. The first-order chi connectivity index (χ1) is 11.8. The largest absolute Gasteiger partial charge is 0.390 e. The van der Waals surface area contributed by atoms with Crippen molar-refractivity contribution in [3.05, 3.63) is 30.3 Å². The van der Waals surface area contributed by atoms with Crippen molar-refractivity contribution < 1.29 is 18.6 Å². The van der Waals surface area contributed by atoms with Crippen LogP contribution in [0, 0.1) is 0 Å². The standard InChI is InChI=1S/C17H27N3O4S/c1-18-9-11-19(12-10-18)13-17(22)14-20(8-7-16(17)21)25(23,24)15-5-3-2-4-6-15/h2-6,16,21-22H,7-14H2,1H3/t16-,17+/m0/s1. The average Bonchev–Trinajstić information content (AvgIpc) is 2.60. The zero-order chi connectivity index (χ0) is 18.1. The Bertz CT molecular complexity index is 676. The van der Waals surface area contributed by atoms with E-state index >= 15 is 0 Å². The first-order valence-electron chi connectivity index (χ1n) is 8.68. The van der Waals surface area contributed by atoms with Gasteiger partial charge in [-0.25, -0.2) is 8.42 Å². The maximum absolute atomic E-state index is 12.8. The number of β-amino-alcohol motifs (C(OH)–C–C–N with tert-alkyl or cyclic N) is 1. The van der Waals surface area contributed by atoms with E-state index in [-0.39, 0.29) is 31.0 Å². The lowest BCUT2D eigenvalue weighted by Crippen LogP contribution is -2.64. The number of benzene rings is 1. The summed E-state index contributed by atoms with van der Waals surface area (Å²) < 4.78 is 27.0. The fourth-order valence-corrected chi connectivity index (χ4v) is 5.06. The Morgan fingerprint density at radius 1 is 1.12 bits per heavy atom. The summed E-state index contributed by atoms with van der Waals surface area (Å²) in [7, 11) is -1.62. The Balaban J connectivity index is 1.74. The molecule has 2 N–H and O–H groups in total. The van der Waals surface area contributed by atoms with Crippen LogP contribution in [0.4, 0.5) is 0 Å². The van der Waals surface area contributed by atoms with Crippen LogP contribution in [0.15, 0.2) is 35.2 Å². The molecule has 0 aliphatic carbocycles. The second kappa shape index (κ2) is 7.30. The van der Waals surface area contributed by atoms with Crippen LogP contribution >= 0.6 is 0 Å². The molecule has 1 aromatic carbocycles. The Morgan fingerprint density at radius 3 is 2.40 bits per heavy atom. The summed E-state index contributed by atoms with van der Waals surface area (Å²) >= 11 is 0. The minimum atomic E-state index is -3.67. The smallest absolute Gasteiger partial charge is 0.243 e. The monoisotopic (exact) mass is 369 g/mol. The van der Waals surface area contributed by atoms with E-state index < -0.39 is 21.7 Å². The molecule has 140 valence electrons. The van der Waals surface area contributed by atoms with Gasteiger partial charge < -0.3 is 15.1 Å². The van der Waals surface area contributed by atoms with Gasteiger partial charge in [0.25, 0.3) is 0 Å². The number of sulfonamides is 1. The molecule has 2 saturated heterocycles. The van der Waals surface area contributed by atoms with Gasteiger partial charge in [-0.2, -0.15) is 4.31 Å². The van der Waals surface area contributed by atoms with Crippen molar-refractivity contribution in [2.24, 2.45) is 0 Å². The number of aliphatic hydroxyl groups is 2. The third-order valence-electron chi connectivity index (χ3n) is 5.20. The molecular weight excluding hydrogens is 342 g/mol. The molecule has 2 heterocycles. The summed E-state index contributed by atoms with van der Waals surface area (Å²) in [5.74, 6) is 0. The third-order valence-corrected chi connectivity index (χ3v) is 7.06. The molecule has 0 spiro atoms. The molecule has 25 heavy (non-hydrogen) atoms. The lowest BCUT2D eigenvalue weighted by atomic mass is 9.90. The van der Waals surface area contributed by atoms with Crippen molar-refractivity contribution in [1.82, 2.24) is 14.1 Å². The highest BCUT2D eigenvalue weighted by molar-refractivity contribution is 7.89. The van der Waals surface area contributed by atoms with E-state index in [9.17, 15) is 18.6 Å². The first-order valence-corrected chi connectivity index (χ1v) is 10.1. The Hall–Kier alpha value is -1.03. The maximum atomic E-state index is 12.8. The molecule has 0 amide bonds. The van der Waals surface area contributed by atoms with Gasteiger partial charge in [0, 0.05) is 45.8 Å². The quantitative estimate of drug-likeness (QED) is 0.739. The molecule has 2 atom stereocenters. The second-order valence-corrected chi connectivity index (χ2v) is 9.08. The molecule has 0 bridgehead atoms. The van der Waals surface area contributed by atoms with Crippen LogP contribution in [0.5, 0.6) is 0 Å². The molecule has 7 nitrogen and oxygen atoms in total. The summed E-state index contributed by atoms with van der Waals surface area (Å²) in [5.41, 5.74) is -1.45. The van der Waals surface area contributed by atoms with Crippen molar-refractivity contribution in [3.8, 4) is 0 Å². The van der Waals surface area contributed by atoms with Crippen LogP contribution in [-0.2, 0) is 10.0 Å². The van der Waals surface area contributed by atoms with Crippen LogP contribution in [0.3, 0.4) is 0 Å². The fourth-order valence-electron chi connectivity index (χ4n) is 3.52. The van der Waals surface area contributed by atoms with Gasteiger partial charge in [-0.15, -0.1) is 0 Å².